The highest BCUT2D eigenvalue weighted by Crippen LogP contribution is 2.28. The average Bonchev–Trinajstić information content (AvgIpc) is 2.86. The van der Waals surface area contributed by atoms with Crippen molar-refractivity contribution in [1.82, 2.24) is 4.90 Å². The number of aliphatic carboxylic acids is 2. The number of nitrogens with zero attached hydrogens (tertiary/aromatic N) is 1. The van der Waals surface area contributed by atoms with Gasteiger partial charge in [0, 0.05) is 12.1 Å². The van der Waals surface area contributed by atoms with Crippen molar-refractivity contribution in [2.75, 3.05) is 6.54 Å². The molecule has 1 fully saturated rings. The number of carboxylic acids is 2. The number of hydrogen-bond acceptors (Lipinski definition) is 3. The molecule has 6 nitrogen and oxygen atoms in total. The van der Waals surface area contributed by atoms with Gasteiger partial charge in [0.2, 0.25) is 0 Å². The van der Waals surface area contributed by atoms with Gasteiger partial charge in [-0.25, -0.2) is 4.79 Å². The Balaban J connectivity index is 2.29. The van der Waals surface area contributed by atoms with Crippen molar-refractivity contribution in [3.63, 3.8) is 0 Å². The Labute approximate surface area is 129 Å². The monoisotopic (exact) mass is 331 g/mol. The van der Waals surface area contributed by atoms with Crippen LogP contribution in [0.3, 0.4) is 0 Å². The first-order valence-corrected chi connectivity index (χ1v) is 6.78. The Morgan fingerprint density at radius 1 is 1.10 bits per heavy atom. The van der Waals surface area contributed by atoms with Crippen LogP contribution in [0.4, 0.5) is 0 Å². The topological polar surface area (TPSA) is 94.9 Å². The van der Waals surface area contributed by atoms with E-state index in [1.165, 1.54) is 18.2 Å². The van der Waals surface area contributed by atoms with E-state index in [9.17, 15) is 14.4 Å². The summed E-state index contributed by atoms with van der Waals surface area (Å²) < 4.78 is 0. The lowest BCUT2D eigenvalue weighted by Gasteiger charge is -2.21. The second-order valence-corrected chi connectivity index (χ2v) is 5.53. The zero-order valence-corrected chi connectivity index (χ0v) is 12.1. The van der Waals surface area contributed by atoms with E-state index in [1.807, 2.05) is 0 Å². The third-order valence-corrected chi connectivity index (χ3v) is 4.10. The number of carbonyl (C=O) groups excluding carboxylic acids is 1. The van der Waals surface area contributed by atoms with E-state index in [2.05, 4.69) is 0 Å². The SMILES string of the molecule is O=C(O)[C@H]1C[C@@H](C(=O)O)N(C(=O)c2ccc(Cl)c(Cl)c2)C1. The molecule has 0 radical (unpaired) electrons. The standard InChI is InChI=1S/C13H11Cl2NO5/c14-8-2-1-6(3-9(8)15)11(17)16-5-7(12(18)19)4-10(16)13(20)21/h1-3,7,10H,4-5H2,(H,18,19)(H,20,21)/t7-,10-/m0/s1. The maximum atomic E-state index is 12.4. The fraction of sp³-hybridized carbons (Fsp3) is 0.308. The number of hydrogen-bond donors (Lipinski definition) is 2. The van der Waals surface area contributed by atoms with E-state index >= 15 is 0 Å². The van der Waals surface area contributed by atoms with Crippen LogP contribution >= 0.6 is 23.2 Å². The minimum Gasteiger partial charge on any atom is -0.481 e. The minimum atomic E-state index is -1.23. The van der Waals surface area contributed by atoms with E-state index in [1.54, 1.807) is 0 Å². The first-order valence-electron chi connectivity index (χ1n) is 6.03. The molecule has 1 aromatic carbocycles. The Bertz CT molecular complexity index is 619. The van der Waals surface area contributed by atoms with E-state index in [0.29, 0.717) is 0 Å². The summed E-state index contributed by atoms with van der Waals surface area (Å²) in [6.45, 7) is -0.147. The molecule has 1 saturated heterocycles. The molecule has 1 aliphatic heterocycles. The molecular weight excluding hydrogens is 321 g/mol. The predicted molar refractivity (Wildman–Crippen MR) is 74.7 cm³/mol. The highest BCUT2D eigenvalue weighted by molar-refractivity contribution is 6.42. The fourth-order valence-corrected chi connectivity index (χ4v) is 2.57. The summed E-state index contributed by atoms with van der Waals surface area (Å²) in [6, 6.07) is 3.02. The molecule has 1 aliphatic rings. The van der Waals surface area contributed by atoms with Gasteiger partial charge in [-0.1, -0.05) is 23.2 Å². The Hall–Kier alpha value is -1.79. The molecule has 2 N–H and O–H groups in total. The smallest absolute Gasteiger partial charge is 0.326 e. The van der Waals surface area contributed by atoms with Crippen molar-refractivity contribution in [2.45, 2.75) is 12.5 Å². The zero-order chi connectivity index (χ0) is 15.7. The van der Waals surface area contributed by atoms with Crippen LogP contribution in [-0.4, -0.2) is 45.5 Å². The fourth-order valence-electron chi connectivity index (χ4n) is 2.27. The summed E-state index contributed by atoms with van der Waals surface area (Å²) >= 11 is 11.6. The Morgan fingerprint density at radius 3 is 2.29 bits per heavy atom. The average molecular weight is 332 g/mol. The van der Waals surface area contributed by atoms with E-state index in [4.69, 9.17) is 33.4 Å². The number of rotatable bonds is 3. The van der Waals surface area contributed by atoms with Crippen LogP contribution in [0.15, 0.2) is 18.2 Å². The molecule has 0 aromatic heterocycles. The molecule has 2 atom stereocenters. The van der Waals surface area contributed by atoms with Gasteiger partial charge in [0.05, 0.1) is 16.0 Å². The minimum absolute atomic E-state index is 0.113. The molecule has 1 amide bonds. The zero-order valence-electron chi connectivity index (χ0n) is 10.6. The first kappa shape index (κ1) is 15.6. The lowest BCUT2D eigenvalue weighted by Crippen LogP contribution is -2.40. The molecule has 0 saturated carbocycles. The number of benzene rings is 1. The van der Waals surface area contributed by atoms with Crippen molar-refractivity contribution < 1.29 is 24.6 Å². The van der Waals surface area contributed by atoms with Crippen molar-refractivity contribution >= 4 is 41.0 Å². The van der Waals surface area contributed by atoms with Crippen LogP contribution in [0.2, 0.25) is 10.0 Å². The molecule has 0 bridgehead atoms. The lowest BCUT2D eigenvalue weighted by molar-refractivity contribution is -0.141. The maximum Gasteiger partial charge on any atom is 0.326 e. The summed E-state index contributed by atoms with van der Waals surface area (Å²) in [5, 5.41) is 18.6. The van der Waals surface area contributed by atoms with Crippen LogP contribution < -0.4 is 0 Å². The molecule has 0 aliphatic carbocycles. The van der Waals surface area contributed by atoms with Crippen LogP contribution in [0.25, 0.3) is 0 Å². The van der Waals surface area contributed by atoms with Gasteiger partial charge in [0.25, 0.3) is 5.91 Å². The molecule has 21 heavy (non-hydrogen) atoms. The molecular formula is C13H11Cl2NO5. The van der Waals surface area contributed by atoms with Crippen molar-refractivity contribution in [2.24, 2.45) is 5.92 Å². The van der Waals surface area contributed by atoms with Crippen LogP contribution in [0.5, 0.6) is 0 Å². The number of amides is 1. The lowest BCUT2D eigenvalue weighted by atomic mass is 10.1. The Morgan fingerprint density at radius 2 is 1.76 bits per heavy atom. The number of carbonyl (C=O) groups is 3. The van der Waals surface area contributed by atoms with Crippen molar-refractivity contribution in [1.29, 1.82) is 0 Å². The number of likely N-dealkylation sites (tertiary alicyclic amines) is 1. The molecule has 8 heteroatoms. The second kappa shape index (κ2) is 5.91. The van der Waals surface area contributed by atoms with E-state index in [-0.39, 0.29) is 28.6 Å². The molecule has 2 rings (SSSR count). The van der Waals surface area contributed by atoms with Gasteiger partial charge in [-0.2, -0.15) is 0 Å². The van der Waals surface area contributed by atoms with Gasteiger partial charge in [0.15, 0.2) is 0 Å². The predicted octanol–water partition coefficient (Wildman–Crippen LogP) is 1.99. The third-order valence-electron chi connectivity index (χ3n) is 3.36. The van der Waals surface area contributed by atoms with Crippen LogP contribution in [0.1, 0.15) is 16.8 Å². The van der Waals surface area contributed by atoms with Crippen LogP contribution in [-0.2, 0) is 9.59 Å². The molecule has 1 heterocycles. The number of halogens is 2. The first-order chi connectivity index (χ1) is 9.81. The van der Waals surface area contributed by atoms with Crippen molar-refractivity contribution in [3.05, 3.63) is 33.8 Å². The van der Waals surface area contributed by atoms with Gasteiger partial charge >= 0.3 is 11.9 Å². The largest absolute Gasteiger partial charge is 0.481 e. The normalized spacial score (nSPS) is 21.3. The number of carboxylic acid groups (broad SMARTS) is 2. The summed E-state index contributed by atoms with van der Waals surface area (Å²) in [6.07, 6.45) is -0.113. The van der Waals surface area contributed by atoms with Gasteiger partial charge in [0.1, 0.15) is 6.04 Å². The third kappa shape index (κ3) is 3.11. The van der Waals surface area contributed by atoms with Crippen molar-refractivity contribution in [3.8, 4) is 0 Å². The second-order valence-electron chi connectivity index (χ2n) is 4.71. The molecule has 0 spiro atoms. The van der Waals surface area contributed by atoms with Gasteiger partial charge in [-0.05, 0) is 24.6 Å². The highest BCUT2D eigenvalue weighted by Gasteiger charge is 2.42. The maximum absolute atomic E-state index is 12.4. The summed E-state index contributed by atoms with van der Waals surface area (Å²) in [7, 11) is 0. The van der Waals surface area contributed by atoms with Gasteiger partial charge < -0.3 is 15.1 Å². The summed E-state index contributed by atoms with van der Waals surface area (Å²) in [5.41, 5.74) is 0.168. The molecule has 112 valence electrons. The van der Waals surface area contributed by atoms with E-state index < -0.39 is 29.8 Å². The summed E-state index contributed by atoms with van der Waals surface area (Å²) in [4.78, 5) is 35.6. The summed E-state index contributed by atoms with van der Waals surface area (Å²) in [5.74, 6) is -3.82. The molecule has 1 aromatic rings. The Kier molecular flexibility index (Phi) is 4.39. The van der Waals surface area contributed by atoms with Crippen LogP contribution in [0, 0.1) is 5.92 Å². The van der Waals surface area contributed by atoms with Gasteiger partial charge in [-0.15, -0.1) is 0 Å². The highest BCUT2D eigenvalue weighted by atomic mass is 35.5. The van der Waals surface area contributed by atoms with Gasteiger partial charge in [-0.3, -0.25) is 9.59 Å². The quantitative estimate of drug-likeness (QED) is 0.883. The molecule has 0 unspecified atom stereocenters. The van der Waals surface area contributed by atoms with E-state index in [0.717, 1.165) is 4.90 Å².